The van der Waals surface area contributed by atoms with Crippen LogP contribution in [0.3, 0.4) is 0 Å². The fourth-order valence-corrected chi connectivity index (χ4v) is 3.85. The quantitative estimate of drug-likeness (QED) is 0.211. The van der Waals surface area contributed by atoms with Gasteiger partial charge < -0.3 is 9.47 Å². The standard InChI is InChI=1S/C24H45NO4/c1-3-5-7-9-10-11-12-13-17-20-28-23(26)22-18-14-15-19-25(22)24(27)29-21-16-8-6-4-2/h22H,3-21H2,1-2H3. The van der Waals surface area contributed by atoms with Crippen molar-refractivity contribution in [1.29, 1.82) is 0 Å². The van der Waals surface area contributed by atoms with Gasteiger partial charge in [0.05, 0.1) is 13.2 Å². The molecule has 1 amide bonds. The number of carbonyl (C=O) groups is 2. The lowest BCUT2D eigenvalue weighted by molar-refractivity contribution is -0.150. The summed E-state index contributed by atoms with van der Waals surface area (Å²) in [5, 5.41) is 0. The van der Waals surface area contributed by atoms with Crippen molar-refractivity contribution < 1.29 is 19.1 Å². The second-order valence-corrected chi connectivity index (χ2v) is 8.38. The first kappa shape index (κ1) is 25.8. The van der Waals surface area contributed by atoms with Gasteiger partial charge in [-0.2, -0.15) is 0 Å². The van der Waals surface area contributed by atoms with Crippen molar-refractivity contribution in [1.82, 2.24) is 4.90 Å². The van der Waals surface area contributed by atoms with Crippen LogP contribution in [-0.2, 0) is 14.3 Å². The molecule has 0 radical (unpaired) electrons. The van der Waals surface area contributed by atoms with Gasteiger partial charge in [-0.25, -0.2) is 9.59 Å². The molecule has 1 atom stereocenters. The Morgan fingerprint density at radius 1 is 0.724 bits per heavy atom. The molecule has 0 aromatic carbocycles. The summed E-state index contributed by atoms with van der Waals surface area (Å²) >= 11 is 0. The molecule has 1 aliphatic rings. The summed E-state index contributed by atoms with van der Waals surface area (Å²) in [7, 11) is 0. The average Bonchev–Trinajstić information content (AvgIpc) is 2.74. The zero-order chi connectivity index (χ0) is 21.2. The summed E-state index contributed by atoms with van der Waals surface area (Å²) in [5.41, 5.74) is 0. The molecule has 0 spiro atoms. The van der Waals surface area contributed by atoms with Gasteiger partial charge in [0.1, 0.15) is 6.04 Å². The highest BCUT2D eigenvalue weighted by atomic mass is 16.6. The first-order valence-electron chi connectivity index (χ1n) is 12.3. The molecule has 0 saturated carbocycles. The Labute approximate surface area is 178 Å². The molecule has 1 saturated heterocycles. The maximum atomic E-state index is 12.5. The molecule has 1 rings (SSSR count). The molecular weight excluding hydrogens is 366 g/mol. The average molecular weight is 412 g/mol. The number of nitrogens with zero attached hydrogens (tertiary/aromatic N) is 1. The zero-order valence-electron chi connectivity index (χ0n) is 19.1. The second kappa shape index (κ2) is 17.6. The molecule has 0 N–H and O–H groups in total. The highest BCUT2D eigenvalue weighted by Gasteiger charge is 2.34. The number of ether oxygens (including phenoxy) is 2. The number of amides is 1. The van der Waals surface area contributed by atoms with Crippen LogP contribution in [0.1, 0.15) is 117 Å². The molecule has 1 fully saturated rings. The van der Waals surface area contributed by atoms with Crippen LogP contribution >= 0.6 is 0 Å². The predicted octanol–water partition coefficient (Wildman–Crippen LogP) is 6.63. The smallest absolute Gasteiger partial charge is 0.410 e. The number of esters is 1. The SMILES string of the molecule is CCCCCCCCCCCOC(=O)C1CCCCN1C(=O)OCCCCCC. The van der Waals surface area contributed by atoms with Crippen LogP contribution in [-0.4, -0.2) is 42.8 Å². The number of carbonyl (C=O) groups excluding carboxylic acids is 2. The fourth-order valence-electron chi connectivity index (χ4n) is 3.85. The van der Waals surface area contributed by atoms with E-state index < -0.39 is 6.04 Å². The predicted molar refractivity (Wildman–Crippen MR) is 118 cm³/mol. The third kappa shape index (κ3) is 12.1. The Kier molecular flexibility index (Phi) is 15.6. The van der Waals surface area contributed by atoms with Crippen LogP contribution in [0.2, 0.25) is 0 Å². The van der Waals surface area contributed by atoms with Gasteiger partial charge in [-0.05, 0) is 32.1 Å². The van der Waals surface area contributed by atoms with Crippen LogP contribution in [0.15, 0.2) is 0 Å². The van der Waals surface area contributed by atoms with E-state index in [9.17, 15) is 9.59 Å². The van der Waals surface area contributed by atoms with Crippen LogP contribution in [0.5, 0.6) is 0 Å². The van der Waals surface area contributed by atoms with Crippen molar-refractivity contribution in [3.8, 4) is 0 Å². The van der Waals surface area contributed by atoms with E-state index >= 15 is 0 Å². The van der Waals surface area contributed by atoms with E-state index in [-0.39, 0.29) is 12.1 Å². The summed E-state index contributed by atoms with van der Waals surface area (Å²) in [6, 6.07) is -0.467. The number of unbranched alkanes of at least 4 members (excludes halogenated alkanes) is 11. The van der Waals surface area contributed by atoms with E-state index in [1.54, 1.807) is 4.90 Å². The molecule has 29 heavy (non-hydrogen) atoms. The van der Waals surface area contributed by atoms with Crippen molar-refractivity contribution >= 4 is 12.1 Å². The number of rotatable bonds is 16. The van der Waals surface area contributed by atoms with Gasteiger partial charge in [0, 0.05) is 6.54 Å². The Morgan fingerprint density at radius 3 is 1.86 bits per heavy atom. The minimum absolute atomic E-state index is 0.257. The molecular formula is C24H45NO4. The summed E-state index contributed by atoms with van der Waals surface area (Å²) < 4.78 is 10.9. The van der Waals surface area contributed by atoms with Gasteiger partial charge in [0.2, 0.25) is 0 Å². The third-order valence-electron chi connectivity index (χ3n) is 5.73. The van der Waals surface area contributed by atoms with Crippen LogP contribution in [0, 0.1) is 0 Å². The highest BCUT2D eigenvalue weighted by Crippen LogP contribution is 2.20. The minimum atomic E-state index is -0.467. The molecule has 170 valence electrons. The van der Waals surface area contributed by atoms with Crippen LogP contribution in [0.4, 0.5) is 4.79 Å². The third-order valence-corrected chi connectivity index (χ3v) is 5.73. The van der Waals surface area contributed by atoms with Gasteiger partial charge in [0.15, 0.2) is 0 Å². The van der Waals surface area contributed by atoms with Gasteiger partial charge in [0.25, 0.3) is 0 Å². The number of hydrogen-bond donors (Lipinski definition) is 0. The molecule has 0 aromatic rings. The molecule has 1 aliphatic heterocycles. The van der Waals surface area contributed by atoms with Crippen LogP contribution < -0.4 is 0 Å². The van der Waals surface area contributed by atoms with E-state index in [0.717, 1.165) is 51.4 Å². The van der Waals surface area contributed by atoms with Crippen molar-refractivity contribution in [3.05, 3.63) is 0 Å². The Hall–Kier alpha value is -1.26. The summed E-state index contributed by atoms with van der Waals surface area (Å²) in [5.74, 6) is -0.257. The van der Waals surface area contributed by atoms with E-state index in [1.807, 2.05) is 0 Å². The second-order valence-electron chi connectivity index (χ2n) is 8.38. The molecule has 0 aliphatic carbocycles. The van der Waals surface area contributed by atoms with Crippen LogP contribution in [0.25, 0.3) is 0 Å². The molecule has 5 nitrogen and oxygen atoms in total. The summed E-state index contributed by atoms with van der Waals surface area (Å²) in [4.78, 5) is 26.5. The molecule has 1 unspecified atom stereocenters. The molecule has 0 aromatic heterocycles. The van der Waals surface area contributed by atoms with Gasteiger partial charge in [-0.3, -0.25) is 4.90 Å². The van der Waals surface area contributed by atoms with Crippen molar-refractivity contribution in [3.63, 3.8) is 0 Å². The topological polar surface area (TPSA) is 55.8 Å². The lowest BCUT2D eigenvalue weighted by Crippen LogP contribution is -2.49. The number of piperidine rings is 1. The lowest BCUT2D eigenvalue weighted by atomic mass is 10.0. The maximum Gasteiger partial charge on any atom is 0.410 e. The Morgan fingerprint density at radius 2 is 1.24 bits per heavy atom. The molecule has 0 bridgehead atoms. The van der Waals surface area contributed by atoms with E-state index in [0.29, 0.717) is 26.2 Å². The summed E-state index contributed by atoms with van der Waals surface area (Å²) in [6.07, 6.45) is 17.7. The fraction of sp³-hybridized carbons (Fsp3) is 0.917. The largest absolute Gasteiger partial charge is 0.464 e. The van der Waals surface area contributed by atoms with Crippen molar-refractivity contribution in [2.75, 3.05) is 19.8 Å². The Bertz CT molecular complexity index is 427. The van der Waals surface area contributed by atoms with Gasteiger partial charge >= 0.3 is 12.1 Å². The van der Waals surface area contributed by atoms with Gasteiger partial charge in [-0.1, -0.05) is 84.5 Å². The monoisotopic (exact) mass is 411 g/mol. The van der Waals surface area contributed by atoms with Crippen molar-refractivity contribution in [2.24, 2.45) is 0 Å². The first-order chi connectivity index (χ1) is 14.2. The zero-order valence-corrected chi connectivity index (χ0v) is 19.1. The maximum absolute atomic E-state index is 12.5. The minimum Gasteiger partial charge on any atom is -0.464 e. The first-order valence-corrected chi connectivity index (χ1v) is 12.3. The normalized spacial score (nSPS) is 16.6. The Balaban J connectivity index is 2.17. The van der Waals surface area contributed by atoms with Gasteiger partial charge in [-0.15, -0.1) is 0 Å². The lowest BCUT2D eigenvalue weighted by Gasteiger charge is -2.33. The number of hydrogen-bond acceptors (Lipinski definition) is 4. The van der Waals surface area contributed by atoms with E-state index in [2.05, 4.69) is 13.8 Å². The molecule has 1 heterocycles. The molecule has 5 heteroatoms. The van der Waals surface area contributed by atoms with E-state index in [1.165, 1.54) is 44.9 Å². The highest BCUT2D eigenvalue weighted by molar-refractivity contribution is 5.81. The van der Waals surface area contributed by atoms with E-state index in [4.69, 9.17) is 9.47 Å². The summed E-state index contributed by atoms with van der Waals surface area (Å²) in [6.45, 7) is 5.89. The van der Waals surface area contributed by atoms with Crippen molar-refractivity contribution in [2.45, 2.75) is 123 Å². The number of likely N-dealkylation sites (tertiary alicyclic amines) is 1.